The number of thioether (sulfide) groups is 1. The lowest BCUT2D eigenvalue weighted by Crippen LogP contribution is -2.55. The number of piperidine rings is 1. The molecule has 7 heteroatoms. The Morgan fingerprint density at radius 2 is 1.73 bits per heavy atom. The summed E-state index contributed by atoms with van der Waals surface area (Å²) in [6.45, 7) is 2.12. The monoisotopic (exact) mass is 364 g/mol. The van der Waals surface area contributed by atoms with E-state index in [2.05, 4.69) is 4.90 Å². The molecule has 0 N–H and O–H groups in total. The van der Waals surface area contributed by atoms with Crippen LogP contribution in [0.25, 0.3) is 0 Å². The van der Waals surface area contributed by atoms with Crippen molar-refractivity contribution in [2.45, 2.75) is 48.2 Å². The van der Waals surface area contributed by atoms with Crippen LogP contribution in [0.1, 0.15) is 38.5 Å². The summed E-state index contributed by atoms with van der Waals surface area (Å²) < 4.78 is 0. The fourth-order valence-electron chi connectivity index (χ4n) is 3.94. The van der Waals surface area contributed by atoms with E-state index in [9.17, 15) is 9.59 Å². The maximum absolute atomic E-state index is 12.8. The Morgan fingerprint density at radius 1 is 1.09 bits per heavy atom. The molecular weight excluding hydrogens is 343 g/mol. The SMILES string of the molecule is O=C(C(Cl)Cl)N1CCC2(CC1)SCCN2C(=O)C1CCCC1. The van der Waals surface area contributed by atoms with Gasteiger partial charge in [-0.05, 0) is 25.7 Å². The van der Waals surface area contributed by atoms with Gasteiger partial charge in [0.1, 0.15) is 0 Å². The second-order valence-electron chi connectivity index (χ2n) is 6.39. The van der Waals surface area contributed by atoms with Crippen LogP contribution in [0.5, 0.6) is 0 Å². The van der Waals surface area contributed by atoms with Crippen molar-refractivity contribution in [3.63, 3.8) is 0 Å². The van der Waals surface area contributed by atoms with E-state index in [4.69, 9.17) is 23.2 Å². The first-order valence-corrected chi connectivity index (χ1v) is 9.92. The first-order chi connectivity index (χ1) is 10.5. The number of carbonyl (C=O) groups is 2. The Balaban J connectivity index is 1.65. The molecule has 0 aromatic heterocycles. The smallest absolute Gasteiger partial charge is 0.255 e. The van der Waals surface area contributed by atoms with E-state index < -0.39 is 4.84 Å². The molecule has 124 valence electrons. The van der Waals surface area contributed by atoms with Gasteiger partial charge in [0.15, 0.2) is 4.84 Å². The fourth-order valence-corrected chi connectivity index (χ4v) is 5.68. The number of rotatable bonds is 2. The van der Waals surface area contributed by atoms with E-state index in [1.54, 1.807) is 4.90 Å². The molecular formula is C15H22Cl2N2O2S. The molecule has 0 atom stereocenters. The number of nitrogens with zero attached hydrogens (tertiary/aromatic N) is 2. The minimum Gasteiger partial charge on any atom is -0.340 e. The third kappa shape index (κ3) is 3.09. The van der Waals surface area contributed by atoms with Gasteiger partial charge in [-0.3, -0.25) is 9.59 Å². The summed E-state index contributed by atoms with van der Waals surface area (Å²) in [6.07, 6.45) is 6.09. The average molecular weight is 365 g/mol. The summed E-state index contributed by atoms with van der Waals surface area (Å²) in [4.78, 5) is 27.5. The first kappa shape index (κ1) is 16.7. The van der Waals surface area contributed by atoms with Gasteiger partial charge in [-0.25, -0.2) is 0 Å². The van der Waals surface area contributed by atoms with Crippen LogP contribution in [-0.2, 0) is 9.59 Å². The highest BCUT2D eigenvalue weighted by atomic mass is 35.5. The highest BCUT2D eigenvalue weighted by Gasteiger charge is 2.48. The van der Waals surface area contributed by atoms with E-state index in [0.717, 1.165) is 38.0 Å². The number of alkyl halides is 2. The van der Waals surface area contributed by atoms with E-state index >= 15 is 0 Å². The minimum absolute atomic E-state index is 0.107. The highest BCUT2D eigenvalue weighted by Crippen LogP contribution is 2.45. The lowest BCUT2D eigenvalue weighted by atomic mass is 9.99. The van der Waals surface area contributed by atoms with Crippen molar-refractivity contribution >= 4 is 46.8 Å². The topological polar surface area (TPSA) is 40.6 Å². The summed E-state index contributed by atoms with van der Waals surface area (Å²) in [7, 11) is 0. The molecule has 2 amide bonds. The molecule has 3 rings (SSSR count). The molecule has 0 bridgehead atoms. The molecule has 1 saturated carbocycles. The van der Waals surface area contributed by atoms with Gasteiger partial charge in [0.2, 0.25) is 5.91 Å². The average Bonchev–Trinajstić information content (AvgIpc) is 3.17. The van der Waals surface area contributed by atoms with Crippen molar-refractivity contribution in [1.82, 2.24) is 9.80 Å². The zero-order valence-corrected chi connectivity index (χ0v) is 14.9. The number of carbonyl (C=O) groups excluding carboxylic acids is 2. The lowest BCUT2D eigenvalue weighted by Gasteiger charge is -2.44. The van der Waals surface area contributed by atoms with Crippen LogP contribution in [0.2, 0.25) is 0 Å². The van der Waals surface area contributed by atoms with Crippen molar-refractivity contribution in [3.05, 3.63) is 0 Å². The summed E-state index contributed by atoms with van der Waals surface area (Å²) in [5, 5.41) is 0. The Morgan fingerprint density at radius 3 is 2.32 bits per heavy atom. The molecule has 2 saturated heterocycles. The van der Waals surface area contributed by atoms with Crippen LogP contribution in [0.15, 0.2) is 0 Å². The summed E-state index contributed by atoms with van der Waals surface area (Å²) in [6, 6.07) is 0. The van der Waals surface area contributed by atoms with Gasteiger partial charge in [0.05, 0.1) is 4.87 Å². The Bertz CT molecular complexity index is 447. The molecule has 3 fully saturated rings. The summed E-state index contributed by atoms with van der Waals surface area (Å²) in [5.41, 5.74) is 0. The Hall–Kier alpha value is -0.130. The fraction of sp³-hybridized carbons (Fsp3) is 0.867. The maximum atomic E-state index is 12.8. The standard InChI is InChI=1S/C15H22Cl2N2O2S/c16-12(17)14(21)18-7-5-15(6-8-18)19(9-10-22-15)13(20)11-3-1-2-4-11/h11-12H,1-10H2. The van der Waals surface area contributed by atoms with Crippen molar-refractivity contribution in [1.29, 1.82) is 0 Å². The van der Waals surface area contributed by atoms with Gasteiger partial charge in [-0.15, -0.1) is 11.8 Å². The van der Waals surface area contributed by atoms with Gasteiger partial charge in [0, 0.05) is 31.3 Å². The molecule has 0 unspecified atom stereocenters. The van der Waals surface area contributed by atoms with Gasteiger partial charge in [-0.2, -0.15) is 0 Å². The summed E-state index contributed by atoms with van der Waals surface area (Å²) >= 11 is 13.2. The van der Waals surface area contributed by atoms with Gasteiger partial charge >= 0.3 is 0 Å². The second-order valence-corrected chi connectivity index (χ2v) is 8.95. The summed E-state index contributed by atoms with van der Waals surface area (Å²) in [5.74, 6) is 1.36. The van der Waals surface area contributed by atoms with Crippen LogP contribution in [0, 0.1) is 5.92 Å². The maximum Gasteiger partial charge on any atom is 0.255 e. The van der Waals surface area contributed by atoms with Crippen LogP contribution in [0.3, 0.4) is 0 Å². The van der Waals surface area contributed by atoms with E-state index in [1.807, 2.05) is 11.8 Å². The Kier molecular flexibility index (Phi) is 5.15. The third-order valence-corrected chi connectivity index (χ3v) is 7.12. The van der Waals surface area contributed by atoms with Gasteiger partial charge in [-0.1, -0.05) is 36.0 Å². The molecule has 22 heavy (non-hydrogen) atoms. The zero-order chi connectivity index (χ0) is 15.7. The van der Waals surface area contributed by atoms with E-state index in [0.29, 0.717) is 19.0 Å². The normalized spacial score (nSPS) is 25.4. The second kappa shape index (κ2) is 6.78. The van der Waals surface area contributed by atoms with Crippen LogP contribution < -0.4 is 0 Å². The van der Waals surface area contributed by atoms with Crippen LogP contribution in [-0.4, -0.2) is 56.7 Å². The van der Waals surface area contributed by atoms with Crippen molar-refractivity contribution < 1.29 is 9.59 Å². The molecule has 1 aliphatic carbocycles. The predicted octanol–water partition coefficient (Wildman–Crippen LogP) is 2.87. The molecule has 4 nitrogen and oxygen atoms in total. The molecule has 3 aliphatic rings. The van der Waals surface area contributed by atoms with Crippen molar-refractivity contribution in [2.75, 3.05) is 25.4 Å². The highest BCUT2D eigenvalue weighted by molar-refractivity contribution is 8.00. The van der Waals surface area contributed by atoms with E-state index in [1.165, 1.54) is 12.8 Å². The largest absolute Gasteiger partial charge is 0.340 e. The van der Waals surface area contributed by atoms with Crippen LogP contribution in [0.4, 0.5) is 0 Å². The van der Waals surface area contributed by atoms with Crippen LogP contribution >= 0.6 is 35.0 Å². The van der Waals surface area contributed by atoms with Gasteiger partial charge in [0.25, 0.3) is 5.91 Å². The molecule has 1 spiro atoms. The zero-order valence-electron chi connectivity index (χ0n) is 12.6. The quantitative estimate of drug-likeness (QED) is 0.707. The Labute approximate surface area is 145 Å². The number of hydrogen-bond acceptors (Lipinski definition) is 3. The first-order valence-electron chi connectivity index (χ1n) is 8.06. The third-order valence-electron chi connectivity index (χ3n) is 5.19. The molecule has 0 aromatic carbocycles. The van der Waals surface area contributed by atoms with Gasteiger partial charge < -0.3 is 9.80 Å². The number of hydrogen-bond donors (Lipinski definition) is 0. The number of likely N-dealkylation sites (tertiary alicyclic amines) is 1. The predicted molar refractivity (Wildman–Crippen MR) is 90.2 cm³/mol. The van der Waals surface area contributed by atoms with Crippen molar-refractivity contribution in [2.24, 2.45) is 5.92 Å². The molecule has 2 aliphatic heterocycles. The lowest BCUT2D eigenvalue weighted by molar-refractivity contribution is -0.140. The number of amides is 2. The molecule has 0 radical (unpaired) electrons. The minimum atomic E-state index is -0.985. The number of halogens is 2. The van der Waals surface area contributed by atoms with E-state index in [-0.39, 0.29) is 16.7 Å². The molecule has 2 heterocycles. The molecule has 0 aromatic rings. The van der Waals surface area contributed by atoms with Crippen molar-refractivity contribution in [3.8, 4) is 0 Å².